The number of ether oxygens (including phenoxy) is 1. The van der Waals surface area contributed by atoms with Crippen molar-refractivity contribution in [2.45, 2.75) is 44.2 Å². The molecule has 8 nitrogen and oxygen atoms in total. The second kappa shape index (κ2) is 8.43. The summed E-state index contributed by atoms with van der Waals surface area (Å²) in [5, 5.41) is 4.69. The molecule has 1 aromatic rings. The number of para-hydroxylation sites is 1. The van der Waals surface area contributed by atoms with Gasteiger partial charge in [0, 0.05) is 10.4 Å². The molecule has 0 aliphatic carbocycles. The Bertz CT molecular complexity index is 760. The van der Waals surface area contributed by atoms with E-state index in [4.69, 9.17) is 4.74 Å². The Morgan fingerprint density at radius 1 is 1.26 bits per heavy atom. The van der Waals surface area contributed by atoms with Crippen molar-refractivity contribution < 1.29 is 23.9 Å². The van der Waals surface area contributed by atoms with E-state index in [0.29, 0.717) is 5.69 Å². The second-order valence-corrected chi connectivity index (χ2v) is 8.08. The number of esters is 1. The minimum Gasteiger partial charge on any atom is -0.451 e. The van der Waals surface area contributed by atoms with E-state index in [1.807, 2.05) is 12.1 Å². The number of nitrogens with zero attached hydrogens (tertiary/aromatic N) is 1. The van der Waals surface area contributed by atoms with Crippen LogP contribution in [0.25, 0.3) is 0 Å². The van der Waals surface area contributed by atoms with Crippen LogP contribution in [-0.4, -0.2) is 47.8 Å². The molecule has 2 rings (SSSR count). The minimum atomic E-state index is -1.17. The summed E-state index contributed by atoms with van der Waals surface area (Å²) in [5.74, 6) is -1.46. The Morgan fingerprint density at radius 3 is 2.59 bits per heavy atom. The van der Waals surface area contributed by atoms with Crippen LogP contribution in [-0.2, 0) is 19.1 Å². The molecule has 1 aliphatic rings. The molecule has 27 heavy (non-hydrogen) atoms. The molecule has 4 amide bonds. The maximum atomic E-state index is 12.2. The van der Waals surface area contributed by atoms with Gasteiger partial charge in [-0.1, -0.05) is 12.1 Å². The second-order valence-electron chi connectivity index (χ2n) is 7.06. The molecule has 1 aromatic carbocycles. The zero-order chi connectivity index (χ0) is 20.2. The molecule has 0 aromatic heterocycles. The lowest BCUT2D eigenvalue weighted by atomic mass is 10.1. The summed E-state index contributed by atoms with van der Waals surface area (Å²) in [4.78, 5) is 50.3. The molecule has 1 heterocycles. The SMILES string of the molecule is C[C@@H](OC(=O)CN1C(=O)CSc2ccccc21)C(=O)NC(=O)NC(C)(C)C. The van der Waals surface area contributed by atoms with Gasteiger partial charge >= 0.3 is 12.0 Å². The molecular weight excluding hydrogens is 370 g/mol. The Hall–Kier alpha value is -2.55. The first-order valence-electron chi connectivity index (χ1n) is 8.41. The maximum Gasteiger partial charge on any atom is 0.326 e. The summed E-state index contributed by atoms with van der Waals surface area (Å²) >= 11 is 1.41. The first-order valence-corrected chi connectivity index (χ1v) is 9.40. The number of hydrogen-bond acceptors (Lipinski definition) is 6. The number of carbonyl (C=O) groups is 4. The quantitative estimate of drug-likeness (QED) is 0.754. The fraction of sp³-hybridized carbons (Fsp3) is 0.444. The summed E-state index contributed by atoms with van der Waals surface area (Å²) in [6.45, 7) is 6.37. The van der Waals surface area contributed by atoms with Crippen molar-refractivity contribution in [3.63, 3.8) is 0 Å². The first-order chi connectivity index (χ1) is 12.6. The first kappa shape index (κ1) is 20.8. The van der Waals surface area contributed by atoms with Crippen LogP contribution < -0.4 is 15.5 Å². The third kappa shape index (κ3) is 5.99. The van der Waals surface area contributed by atoms with Gasteiger partial charge in [-0.2, -0.15) is 0 Å². The van der Waals surface area contributed by atoms with Gasteiger partial charge in [0.25, 0.3) is 5.91 Å². The Morgan fingerprint density at radius 2 is 1.93 bits per heavy atom. The van der Waals surface area contributed by atoms with Crippen molar-refractivity contribution in [3.05, 3.63) is 24.3 Å². The van der Waals surface area contributed by atoms with Crippen LogP contribution in [0.5, 0.6) is 0 Å². The summed E-state index contributed by atoms with van der Waals surface area (Å²) < 4.78 is 5.08. The maximum absolute atomic E-state index is 12.2. The Balaban J connectivity index is 1.92. The van der Waals surface area contributed by atoms with Crippen LogP contribution in [0.15, 0.2) is 29.2 Å². The van der Waals surface area contributed by atoms with E-state index in [0.717, 1.165) is 4.90 Å². The summed E-state index contributed by atoms with van der Waals surface area (Å²) in [5.41, 5.74) is 0.127. The highest BCUT2D eigenvalue weighted by molar-refractivity contribution is 8.00. The highest BCUT2D eigenvalue weighted by atomic mass is 32.2. The fourth-order valence-electron chi connectivity index (χ4n) is 2.33. The van der Waals surface area contributed by atoms with Crippen LogP contribution in [0.1, 0.15) is 27.7 Å². The molecule has 0 saturated heterocycles. The van der Waals surface area contributed by atoms with Gasteiger partial charge in [-0.25, -0.2) is 4.79 Å². The molecule has 0 fully saturated rings. The van der Waals surface area contributed by atoms with E-state index < -0.39 is 29.6 Å². The number of nitrogens with one attached hydrogen (secondary N) is 2. The van der Waals surface area contributed by atoms with Crippen LogP contribution in [0.2, 0.25) is 0 Å². The largest absolute Gasteiger partial charge is 0.451 e. The van der Waals surface area contributed by atoms with E-state index in [1.165, 1.54) is 23.6 Å². The summed E-state index contributed by atoms with van der Waals surface area (Å²) in [7, 11) is 0. The van der Waals surface area contributed by atoms with Gasteiger partial charge in [-0.3, -0.25) is 24.6 Å². The van der Waals surface area contributed by atoms with Gasteiger partial charge in [0.15, 0.2) is 6.10 Å². The number of hydrogen-bond donors (Lipinski definition) is 2. The molecule has 2 N–H and O–H groups in total. The normalized spacial score (nSPS) is 14.8. The Kier molecular flexibility index (Phi) is 6.48. The van der Waals surface area contributed by atoms with Crippen molar-refractivity contribution in [2.24, 2.45) is 0 Å². The van der Waals surface area contributed by atoms with E-state index in [9.17, 15) is 19.2 Å². The van der Waals surface area contributed by atoms with Crippen LogP contribution in [0, 0.1) is 0 Å². The molecular formula is C18H23N3O5S. The third-order valence-electron chi connectivity index (χ3n) is 3.50. The molecule has 0 spiro atoms. The smallest absolute Gasteiger partial charge is 0.326 e. The highest BCUT2D eigenvalue weighted by Gasteiger charge is 2.28. The van der Waals surface area contributed by atoms with Gasteiger partial charge in [0.2, 0.25) is 5.91 Å². The molecule has 1 atom stereocenters. The topological polar surface area (TPSA) is 105 Å². The number of amides is 4. The molecule has 146 valence electrons. The standard InChI is InChI=1S/C18H23N3O5S/c1-11(16(24)19-17(25)20-18(2,3)4)26-15(23)9-21-12-7-5-6-8-13(12)27-10-14(21)22/h5-8,11H,9-10H2,1-4H3,(H2,19,20,24,25)/t11-/m1/s1. The monoisotopic (exact) mass is 393 g/mol. The molecule has 0 unspecified atom stereocenters. The minimum absolute atomic E-state index is 0.211. The molecule has 0 radical (unpaired) electrons. The number of carbonyl (C=O) groups excluding carboxylic acids is 4. The fourth-order valence-corrected chi connectivity index (χ4v) is 3.27. The van der Waals surface area contributed by atoms with Crippen molar-refractivity contribution in [1.29, 1.82) is 0 Å². The molecule has 9 heteroatoms. The van der Waals surface area contributed by atoms with Crippen LogP contribution in [0.4, 0.5) is 10.5 Å². The van der Waals surface area contributed by atoms with Gasteiger partial charge < -0.3 is 10.1 Å². The number of fused-ring (bicyclic) bond motifs is 1. The van der Waals surface area contributed by atoms with Gasteiger partial charge in [-0.15, -0.1) is 11.8 Å². The predicted octanol–water partition coefficient (Wildman–Crippen LogP) is 1.68. The number of imide groups is 1. The average Bonchev–Trinajstić information content (AvgIpc) is 2.55. The zero-order valence-electron chi connectivity index (χ0n) is 15.7. The van der Waals surface area contributed by atoms with Crippen molar-refractivity contribution in [3.8, 4) is 0 Å². The van der Waals surface area contributed by atoms with Crippen molar-refractivity contribution in [2.75, 3.05) is 17.2 Å². The number of benzene rings is 1. The van der Waals surface area contributed by atoms with E-state index in [2.05, 4.69) is 10.6 Å². The third-order valence-corrected chi connectivity index (χ3v) is 4.55. The zero-order valence-corrected chi connectivity index (χ0v) is 16.5. The lowest BCUT2D eigenvalue weighted by Gasteiger charge is -2.28. The van der Waals surface area contributed by atoms with Crippen LogP contribution in [0.3, 0.4) is 0 Å². The van der Waals surface area contributed by atoms with Gasteiger partial charge in [0.05, 0.1) is 11.4 Å². The van der Waals surface area contributed by atoms with E-state index in [1.54, 1.807) is 32.9 Å². The number of thioether (sulfide) groups is 1. The number of rotatable bonds is 4. The Labute approximate surface area is 162 Å². The predicted molar refractivity (Wildman–Crippen MR) is 102 cm³/mol. The van der Waals surface area contributed by atoms with E-state index >= 15 is 0 Å². The van der Waals surface area contributed by atoms with Crippen molar-refractivity contribution >= 4 is 41.3 Å². The molecule has 1 aliphatic heterocycles. The highest BCUT2D eigenvalue weighted by Crippen LogP contribution is 2.34. The van der Waals surface area contributed by atoms with E-state index in [-0.39, 0.29) is 18.2 Å². The van der Waals surface area contributed by atoms with Crippen molar-refractivity contribution in [1.82, 2.24) is 10.6 Å². The molecule has 0 bridgehead atoms. The summed E-state index contributed by atoms with van der Waals surface area (Å²) in [6, 6.07) is 6.58. The summed E-state index contributed by atoms with van der Waals surface area (Å²) in [6.07, 6.45) is -1.17. The van der Waals surface area contributed by atoms with Gasteiger partial charge in [-0.05, 0) is 39.8 Å². The number of anilines is 1. The van der Waals surface area contributed by atoms with Gasteiger partial charge in [0.1, 0.15) is 6.54 Å². The molecule has 0 saturated carbocycles. The number of urea groups is 1. The van der Waals surface area contributed by atoms with Crippen LogP contribution >= 0.6 is 11.8 Å². The lowest BCUT2D eigenvalue weighted by molar-refractivity contribution is -0.153. The lowest BCUT2D eigenvalue weighted by Crippen LogP contribution is -2.51. The average molecular weight is 393 g/mol.